The van der Waals surface area contributed by atoms with Crippen LogP contribution in [-0.4, -0.2) is 47.1 Å². The molecule has 0 fully saturated rings. The lowest BCUT2D eigenvalue weighted by molar-refractivity contribution is -0.0494. The number of aromatic nitrogens is 7. The van der Waals surface area contributed by atoms with Crippen molar-refractivity contribution in [1.82, 2.24) is 34.6 Å². The van der Waals surface area contributed by atoms with Crippen molar-refractivity contribution in [2.75, 3.05) is 5.32 Å². The number of hydrogen-bond donors (Lipinski definition) is 3. The zero-order valence-corrected chi connectivity index (χ0v) is 21.1. The van der Waals surface area contributed by atoms with E-state index in [1.165, 1.54) is 35.1 Å². The highest BCUT2D eigenvalue weighted by molar-refractivity contribution is 6.09. The van der Waals surface area contributed by atoms with Gasteiger partial charge in [0.2, 0.25) is 0 Å². The molecule has 4 N–H and O–H groups in total. The topological polar surface area (TPSA) is 150 Å². The SMILES string of the molecule is NCc1ccnn1-c1cccc(Oc2ccc(OC(F)F)c(-c3n[nH]cc3NC(=O)c3cnn4cccnc34)c2)c1. The maximum atomic E-state index is 13.3. The average molecular weight is 558 g/mol. The van der Waals surface area contributed by atoms with Crippen LogP contribution in [0.2, 0.25) is 0 Å². The highest BCUT2D eigenvalue weighted by Gasteiger charge is 2.21. The summed E-state index contributed by atoms with van der Waals surface area (Å²) >= 11 is 0. The summed E-state index contributed by atoms with van der Waals surface area (Å²) in [6.07, 6.45) is 7.65. The van der Waals surface area contributed by atoms with E-state index in [0.717, 1.165) is 11.4 Å². The van der Waals surface area contributed by atoms with E-state index in [2.05, 4.69) is 30.7 Å². The van der Waals surface area contributed by atoms with Crippen molar-refractivity contribution in [3.05, 3.63) is 96.8 Å². The van der Waals surface area contributed by atoms with E-state index in [0.29, 0.717) is 23.7 Å². The van der Waals surface area contributed by atoms with E-state index in [1.807, 2.05) is 12.1 Å². The molecule has 41 heavy (non-hydrogen) atoms. The zero-order chi connectivity index (χ0) is 28.3. The van der Waals surface area contributed by atoms with Crippen LogP contribution in [0.25, 0.3) is 22.6 Å². The third-order valence-corrected chi connectivity index (χ3v) is 6.06. The molecular formula is C27H21F2N9O3. The van der Waals surface area contributed by atoms with Gasteiger partial charge in [0.05, 0.1) is 28.8 Å². The van der Waals surface area contributed by atoms with Crippen molar-refractivity contribution >= 4 is 17.2 Å². The molecule has 2 aromatic carbocycles. The van der Waals surface area contributed by atoms with Gasteiger partial charge in [0.1, 0.15) is 28.5 Å². The van der Waals surface area contributed by atoms with Gasteiger partial charge >= 0.3 is 6.61 Å². The smallest absolute Gasteiger partial charge is 0.387 e. The van der Waals surface area contributed by atoms with Crippen LogP contribution in [0, 0.1) is 0 Å². The molecule has 0 aliphatic heterocycles. The van der Waals surface area contributed by atoms with E-state index in [4.69, 9.17) is 15.2 Å². The highest BCUT2D eigenvalue weighted by Crippen LogP contribution is 2.38. The van der Waals surface area contributed by atoms with Crippen molar-refractivity contribution < 1.29 is 23.0 Å². The molecular weight excluding hydrogens is 536 g/mol. The molecule has 0 saturated carbocycles. The minimum atomic E-state index is -3.09. The molecule has 0 spiro atoms. The Labute approximate surface area is 230 Å². The number of H-pyrrole nitrogens is 1. The molecule has 0 unspecified atom stereocenters. The molecule has 0 radical (unpaired) electrons. The predicted octanol–water partition coefficient (Wildman–Crippen LogP) is 4.41. The summed E-state index contributed by atoms with van der Waals surface area (Å²) in [5.41, 5.74) is 8.44. The molecule has 0 aliphatic rings. The second-order valence-corrected chi connectivity index (χ2v) is 8.62. The Morgan fingerprint density at radius 3 is 2.80 bits per heavy atom. The largest absolute Gasteiger partial charge is 0.457 e. The lowest BCUT2D eigenvalue weighted by Crippen LogP contribution is -2.12. The zero-order valence-electron chi connectivity index (χ0n) is 21.1. The molecule has 6 aromatic rings. The first-order valence-corrected chi connectivity index (χ1v) is 12.2. The minimum absolute atomic E-state index is 0.154. The number of amides is 1. The van der Waals surface area contributed by atoms with E-state index in [9.17, 15) is 13.6 Å². The molecule has 206 valence electrons. The number of carbonyl (C=O) groups excluding carboxylic acids is 1. The molecule has 1 amide bonds. The highest BCUT2D eigenvalue weighted by atomic mass is 19.3. The molecule has 6 rings (SSSR count). The van der Waals surface area contributed by atoms with Crippen LogP contribution in [0.5, 0.6) is 17.2 Å². The van der Waals surface area contributed by atoms with Gasteiger partial charge in [0.25, 0.3) is 5.91 Å². The lowest BCUT2D eigenvalue weighted by Gasteiger charge is -2.14. The van der Waals surface area contributed by atoms with Gasteiger partial charge in [0.15, 0.2) is 5.65 Å². The van der Waals surface area contributed by atoms with Gasteiger partial charge in [-0.25, -0.2) is 14.2 Å². The number of halogens is 2. The van der Waals surface area contributed by atoms with Crippen LogP contribution in [0.15, 0.2) is 85.6 Å². The number of ether oxygens (including phenoxy) is 2. The van der Waals surface area contributed by atoms with Gasteiger partial charge in [-0.2, -0.15) is 24.1 Å². The predicted molar refractivity (Wildman–Crippen MR) is 143 cm³/mol. The van der Waals surface area contributed by atoms with Gasteiger partial charge in [0, 0.05) is 37.4 Å². The van der Waals surface area contributed by atoms with E-state index in [1.54, 1.807) is 47.5 Å². The first-order valence-electron chi connectivity index (χ1n) is 12.2. The van der Waals surface area contributed by atoms with Crippen molar-refractivity contribution in [1.29, 1.82) is 0 Å². The van der Waals surface area contributed by atoms with Crippen LogP contribution in [-0.2, 0) is 6.54 Å². The number of anilines is 1. The fraction of sp³-hybridized carbons (Fsp3) is 0.0741. The summed E-state index contributed by atoms with van der Waals surface area (Å²) in [6.45, 7) is -2.79. The summed E-state index contributed by atoms with van der Waals surface area (Å²) < 4.78 is 40.5. The Hall–Kier alpha value is -5.63. The Bertz CT molecular complexity index is 1850. The standard InChI is InChI=1S/C27H21F2N9O3/c28-27(29)41-23-6-5-19(40-18-4-1-3-16(11-18)38-17(13-30)7-9-33-38)12-20(23)24-22(15-32-36-24)35-26(39)21-14-34-37-10-2-8-31-25(21)37/h1-12,14-15,27H,13,30H2,(H,32,36)(H,35,39). The van der Waals surface area contributed by atoms with E-state index < -0.39 is 12.5 Å². The first kappa shape index (κ1) is 25.6. The molecule has 4 heterocycles. The third-order valence-electron chi connectivity index (χ3n) is 6.06. The Morgan fingerprint density at radius 1 is 1.07 bits per heavy atom. The van der Waals surface area contributed by atoms with Crippen LogP contribution in [0.3, 0.4) is 0 Å². The molecule has 0 aliphatic carbocycles. The number of carbonyl (C=O) groups is 1. The normalized spacial score (nSPS) is 11.2. The summed E-state index contributed by atoms with van der Waals surface area (Å²) in [4.78, 5) is 17.3. The molecule has 0 bridgehead atoms. The molecule has 0 atom stereocenters. The summed E-state index contributed by atoms with van der Waals surface area (Å²) in [6, 6.07) is 15.0. The molecule has 14 heteroatoms. The maximum Gasteiger partial charge on any atom is 0.387 e. The lowest BCUT2D eigenvalue weighted by atomic mass is 10.1. The van der Waals surface area contributed by atoms with Gasteiger partial charge in [-0.3, -0.25) is 9.89 Å². The van der Waals surface area contributed by atoms with Crippen molar-refractivity contribution in [2.24, 2.45) is 5.73 Å². The molecule has 4 aromatic heterocycles. The number of hydrogen-bond acceptors (Lipinski definition) is 8. The average Bonchev–Trinajstić information content (AvgIpc) is 3.73. The third kappa shape index (κ3) is 5.18. The number of nitrogens with two attached hydrogens (primary N) is 1. The van der Waals surface area contributed by atoms with Crippen LogP contribution < -0.4 is 20.5 Å². The minimum Gasteiger partial charge on any atom is -0.457 e. The summed E-state index contributed by atoms with van der Waals surface area (Å²) in [7, 11) is 0. The monoisotopic (exact) mass is 557 g/mol. The van der Waals surface area contributed by atoms with Gasteiger partial charge < -0.3 is 20.5 Å². The number of alkyl halides is 2. The Kier molecular flexibility index (Phi) is 6.79. The Morgan fingerprint density at radius 2 is 1.95 bits per heavy atom. The van der Waals surface area contributed by atoms with Crippen LogP contribution in [0.4, 0.5) is 14.5 Å². The number of aromatic amines is 1. The fourth-order valence-electron chi connectivity index (χ4n) is 4.26. The Balaban J connectivity index is 1.32. The maximum absolute atomic E-state index is 13.3. The van der Waals surface area contributed by atoms with Gasteiger partial charge in [-0.15, -0.1) is 0 Å². The number of benzene rings is 2. The second kappa shape index (κ2) is 10.9. The summed E-state index contributed by atoms with van der Waals surface area (Å²) in [5, 5.41) is 18.0. The fourth-order valence-corrected chi connectivity index (χ4v) is 4.26. The molecule has 0 saturated heterocycles. The van der Waals surface area contributed by atoms with Crippen molar-refractivity contribution in [2.45, 2.75) is 13.2 Å². The second-order valence-electron chi connectivity index (χ2n) is 8.62. The van der Waals surface area contributed by atoms with E-state index >= 15 is 0 Å². The molecule has 12 nitrogen and oxygen atoms in total. The number of nitrogens with one attached hydrogen (secondary N) is 2. The van der Waals surface area contributed by atoms with Crippen LogP contribution in [0.1, 0.15) is 16.1 Å². The van der Waals surface area contributed by atoms with Crippen LogP contribution >= 0.6 is 0 Å². The van der Waals surface area contributed by atoms with Gasteiger partial charge in [-0.05, 0) is 42.5 Å². The first-order chi connectivity index (χ1) is 20.0. The number of rotatable bonds is 9. The van der Waals surface area contributed by atoms with Gasteiger partial charge in [-0.1, -0.05) is 6.07 Å². The summed E-state index contributed by atoms with van der Waals surface area (Å²) in [5.74, 6) is 0.0961. The quantitative estimate of drug-likeness (QED) is 0.237. The van der Waals surface area contributed by atoms with E-state index in [-0.39, 0.29) is 28.3 Å². The number of fused-ring (bicyclic) bond motifs is 1. The van der Waals surface area contributed by atoms with Crippen molar-refractivity contribution in [3.8, 4) is 34.2 Å². The number of nitrogens with zero attached hydrogens (tertiary/aromatic N) is 6. The van der Waals surface area contributed by atoms with Crippen molar-refractivity contribution in [3.63, 3.8) is 0 Å².